The number of hydrogen-bond donors (Lipinski definition) is 1. The van der Waals surface area contributed by atoms with Crippen molar-refractivity contribution in [2.45, 2.75) is 19.8 Å². The minimum absolute atomic E-state index is 0.112. The van der Waals surface area contributed by atoms with Gasteiger partial charge in [-0.15, -0.1) is 0 Å². The molecule has 1 aliphatic carbocycles. The fourth-order valence-corrected chi connectivity index (χ4v) is 3.14. The Morgan fingerprint density at radius 1 is 1.37 bits per heavy atom. The van der Waals surface area contributed by atoms with Crippen molar-refractivity contribution in [3.63, 3.8) is 0 Å². The summed E-state index contributed by atoms with van der Waals surface area (Å²) in [6.45, 7) is 1.75. The molecule has 2 rings (SSSR count). The third-order valence-electron chi connectivity index (χ3n) is 2.68. The minimum atomic E-state index is -3.70. The average molecular weight is 281 g/mol. The van der Waals surface area contributed by atoms with Crippen molar-refractivity contribution in [2.24, 2.45) is 0 Å². The first-order chi connectivity index (χ1) is 9.04. The largest absolute Gasteiger partial charge is 0.368 e. The molecule has 0 aromatic carbocycles. The summed E-state index contributed by atoms with van der Waals surface area (Å²) in [4.78, 5) is 8.03. The van der Waals surface area contributed by atoms with E-state index >= 15 is 0 Å². The van der Waals surface area contributed by atoms with Gasteiger partial charge < -0.3 is 5.73 Å². The van der Waals surface area contributed by atoms with Gasteiger partial charge in [0.25, 0.3) is 10.1 Å². The van der Waals surface area contributed by atoms with E-state index in [-0.39, 0.29) is 17.5 Å². The predicted octanol–water partition coefficient (Wildman–Crippen LogP) is 1.49. The van der Waals surface area contributed by atoms with Gasteiger partial charge in [-0.2, -0.15) is 8.42 Å². The minimum Gasteiger partial charge on any atom is -0.368 e. The second-order valence-electron chi connectivity index (χ2n) is 3.97. The molecule has 7 heteroatoms. The van der Waals surface area contributed by atoms with Crippen LogP contribution >= 0.6 is 0 Å². The van der Waals surface area contributed by atoms with Crippen molar-refractivity contribution in [1.29, 1.82) is 0 Å². The molecule has 102 valence electrons. The maximum Gasteiger partial charge on any atom is 0.293 e. The van der Waals surface area contributed by atoms with E-state index in [9.17, 15) is 8.42 Å². The highest BCUT2D eigenvalue weighted by Crippen LogP contribution is 2.31. The third kappa shape index (κ3) is 2.99. The summed E-state index contributed by atoms with van der Waals surface area (Å²) in [5.74, 6) is 0.151. The molecule has 0 fully saturated rings. The molecule has 0 radical (unpaired) electrons. The van der Waals surface area contributed by atoms with Crippen LogP contribution < -0.4 is 5.73 Å². The fourth-order valence-electron chi connectivity index (χ4n) is 1.86. The Labute approximate surface area is 112 Å². The Hall–Kier alpha value is -1.73. The van der Waals surface area contributed by atoms with E-state index in [0.717, 1.165) is 0 Å². The van der Waals surface area contributed by atoms with Crippen LogP contribution in [0.3, 0.4) is 0 Å². The summed E-state index contributed by atoms with van der Waals surface area (Å²) in [5, 5.41) is 0. The normalized spacial score (nSPS) is 15.8. The Balaban J connectivity index is 2.52. The van der Waals surface area contributed by atoms with E-state index in [1.54, 1.807) is 13.0 Å². The average Bonchev–Trinajstić information content (AvgIpc) is 2.39. The lowest BCUT2D eigenvalue weighted by molar-refractivity contribution is 0.342. The van der Waals surface area contributed by atoms with Crippen LogP contribution in [-0.4, -0.2) is 25.0 Å². The van der Waals surface area contributed by atoms with Crippen molar-refractivity contribution in [2.75, 3.05) is 12.3 Å². The number of nitrogen functional groups attached to an aromatic ring is 1. The molecule has 2 N–H and O–H groups in total. The third-order valence-corrected chi connectivity index (χ3v) is 4.25. The molecule has 1 aromatic heterocycles. The molecule has 0 saturated heterocycles. The SMILES string of the molecule is CCOS(=O)(=O)C1=C(c2cnc(N)nc2)C=CCC1. The van der Waals surface area contributed by atoms with Gasteiger partial charge in [-0.25, -0.2) is 9.97 Å². The fraction of sp³-hybridized carbons (Fsp3) is 0.333. The molecule has 0 aliphatic heterocycles. The molecule has 0 atom stereocenters. The zero-order valence-electron chi connectivity index (χ0n) is 10.5. The quantitative estimate of drug-likeness (QED) is 0.840. The van der Waals surface area contributed by atoms with Gasteiger partial charge in [-0.3, -0.25) is 4.18 Å². The molecule has 19 heavy (non-hydrogen) atoms. The van der Waals surface area contributed by atoms with E-state index < -0.39 is 10.1 Å². The highest BCUT2D eigenvalue weighted by atomic mass is 32.2. The van der Waals surface area contributed by atoms with Gasteiger partial charge in [0.15, 0.2) is 0 Å². The predicted molar refractivity (Wildman–Crippen MR) is 72.3 cm³/mol. The number of anilines is 1. The van der Waals surface area contributed by atoms with Crippen LogP contribution in [0, 0.1) is 0 Å². The Kier molecular flexibility index (Phi) is 3.96. The number of aromatic nitrogens is 2. The molecule has 1 heterocycles. The Morgan fingerprint density at radius 3 is 2.68 bits per heavy atom. The van der Waals surface area contributed by atoms with Crippen molar-refractivity contribution in [1.82, 2.24) is 9.97 Å². The van der Waals surface area contributed by atoms with Gasteiger partial charge in [0.1, 0.15) is 0 Å². The Morgan fingerprint density at radius 2 is 2.05 bits per heavy atom. The van der Waals surface area contributed by atoms with Crippen LogP contribution in [0.15, 0.2) is 29.5 Å². The second-order valence-corrected chi connectivity index (χ2v) is 5.61. The van der Waals surface area contributed by atoms with Crippen LogP contribution in [0.25, 0.3) is 5.57 Å². The van der Waals surface area contributed by atoms with Crippen molar-refractivity contribution in [3.05, 3.63) is 35.0 Å². The van der Waals surface area contributed by atoms with Gasteiger partial charge >= 0.3 is 0 Å². The lowest BCUT2D eigenvalue weighted by Crippen LogP contribution is -2.12. The van der Waals surface area contributed by atoms with Crippen molar-refractivity contribution < 1.29 is 12.6 Å². The molecular formula is C12H15N3O3S. The second kappa shape index (κ2) is 5.50. The van der Waals surface area contributed by atoms with Crippen LogP contribution in [0.4, 0.5) is 5.95 Å². The van der Waals surface area contributed by atoms with Crippen LogP contribution in [0.5, 0.6) is 0 Å². The van der Waals surface area contributed by atoms with Crippen LogP contribution in [0.1, 0.15) is 25.3 Å². The van der Waals surface area contributed by atoms with E-state index in [0.29, 0.717) is 24.0 Å². The van der Waals surface area contributed by atoms with Crippen molar-refractivity contribution >= 4 is 21.6 Å². The Bertz CT molecular complexity index is 618. The van der Waals surface area contributed by atoms with E-state index in [4.69, 9.17) is 9.92 Å². The van der Waals surface area contributed by atoms with Gasteiger partial charge in [-0.05, 0) is 19.8 Å². The zero-order chi connectivity index (χ0) is 13.9. The number of nitrogens with zero attached hydrogens (tertiary/aromatic N) is 2. The maximum absolute atomic E-state index is 12.1. The molecular weight excluding hydrogens is 266 g/mol. The molecule has 0 bridgehead atoms. The smallest absolute Gasteiger partial charge is 0.293 e. The van der Waals surface area contributed by atoms with E-state index in [1.165, 1.54) is 12.4 Å². The lowest BCUT2D eigenvalue weighted by atomic mass is 10.0. The number of nitrogens with two attached hydrogens (primary N) is 1. The zero-order valence-corrected chi connectivity index (χ0v) is 11.4. The highest BCUT2D eigenvalue weighted by molar-refractivity contribution is 7.90. The number of allylic oxidation sites excluding steroid dienone is 4. The van der Waals surface area contributed by atoms with Gasteiger partial charge in [-0.1, -0.05) is 12.2 Å². The summed E-state index contributed by atoms with van der Waals surface area (Å²) >= 11 is 0. The van der Waals surface area contributed by atoms with Gasteiger partial charge in [0.05, 0.1) is 11.5 Å². The van der Waals surface area contributed by atoms with E-state index in [1.807, 2.05) is 6.08 Å². The number of hydrogen-bond acceptors (Lipinski definition) is 6. The molecule has 0 amide bonds. The molecule has 1 aromatic rings. The number of rotatable bonds is 4. The van der Waals surface area contributed by atoms with Gasteiger partial charge in [0, 0.05) is 23.5 Å². The topological polar surface area (TPSA) is 95.2 Å². The van der Waals surface area contributed by atoms with Crippen molar-refractivity contribution in [3.8, 4) is 0 Å². The standard InChI is InChI=1S/C12H15N3O3S/c1-2-18-19(16,17)11-6-4-3-5-10(11)9-7-14-12(13)15-8-9/h3,5,7-8H,2,4,6H2,1H3,(H2,13,14,15). The summed E-state index contributed by atoms with van der Waals surface area (Å²) in [6.07, 6.45) is 7.77. The summed E-state index contributed by atoms with van der Waals surface area (Å²) in [6, 6.07) is 0. The van der Waals surface area contributed by atoms with Crippen LogP contribution in [0.2, 0.25) is 0 Å². The summed E-state index contributed by atoms with van der Waals surface area (Å²) < 4.78 is 29.0. The molecule has 0 saturated carbocycles. The molecule has 1 aliphatic rings. The van der Waals surface area contributed by atoms with Gasteiger partial charge in [0.2, 0.25) is 5.95 Å². The first-order valence-corrected chi connectivity index (χ1v) is 7.32. The first-order valence-electron chi connectivity index (χ1n) is 5.91. The first kappa shape index (κ1) is 13.7. The summed E-state index contributed by atoms with van der Waals surface area (Å²) in [7, 11) is -3.70. The molecule has 0 spiro atoms. The summed E-state index contributed by atoms with van der Waals surface area (Å²) in [5.41, 5.74) is 6.61. The monoisotopic (exact) mass is 281 g/mol. The molecule has 6 nitrogen and oxygen atoms in total. The lowest BCUT2D eigenvalue weighted by Gasteiger charge is -2.15. The molecule has 0 unspecified atom stereocenters. The van der Waals surface area contributed by atoms with Crippen LogP contribution in [-0.2, 0) is 14.3 Å². The van der Waals surface area contributed by atoms with E-state index in [2.05, 4.69) is 9.97 Å². The maximum atomic E-state index is 12.1. The highest BCUT2D eigenvalue weighted by Gasteiger charge is 2.24.